The Hall–Kier alpha value is -2.50. The van der Waals surface area contributed by atoms with Gasteiger partial charge >= 0.3 is 0 Å². The molecular weight excluding hydrogens is 455 g/mol. The second kappa shape index (κ2) is 9.03. The molecule has 172 valence electrons. The van der Waals surface area contributed by atoms with Crippen molar-refractivity contribution in [1.82, 2.24) is 14.9 Å². The lowest BCUT2D eigenvalue weighted by atomic mass is 9.94. The van der Waals surface area contributed by atoms with Gasteiger partial charge in [0.25, 0.3) is 0 Å². The summed E-state index contributed by atoms with van der Waals surface area (Å²) in [7, 11) is 4.04. The average molecular weight is 483 g/mol. The SMILES string of the molecule is CN(C)c1ccc(-c2cc(Cl)c(C[C@@H]3CCN(C4CCc5nc[nH]c5C4)C3=O)c(Cl)c2)cc1. The van der Waals surface area contributed by atoms with Crippen molar-refractivity contribution in [2.24, 2.45) is 5.92 Å². The fourth-order valence-electron chi connectivity index (χ4n) is 5.13. The van der Waals surface area contributed by atoms with E-state index >= 15 is 0 Å². The lowest BCUT2D eigenvalue weighted by molar-refractivity contribution is -0.133. The van der Waals surface area contributed by atoms with E-state index in [-0.39, 0.29) is 17.9 Å². The van der Waals surface area contributed by atoms with E-state index in [1.54, 1.807) is 6.33 Å². The molecule has 1 N–H and O–H groups in total. The summed E-state index contributed by atoms with van der Waals surface area (Å²) < 4.78 is 0. The normalized spacial score (nSPS) is 20.2. The van der Waals surface area contributed by atoms with E-state index in [1.807, 2.05) is 26.2 Å². The monoisotopic (exact) mass is 482 g/mol. The summed E-state index contributed by atoms with van der Waals surface area (Å²) in [5, 5.41) is 1.25. The van der Waals surface area contributed by atoms with Crippen molar-refractivity contribution >= 4 is 34.8 Å². The number of amides is 1. The number of benzene rings is 2. The van der Waals surface area contributed by atoms with Crippen molar-refractivity contribution < 1.29 is 4.79 Å². The molecule has 1 aromatic heterocycles. The second-order valence-corrected chi connectivity index (χ2v) is 10.1. The van der Waals surface area contributed by atoms with Gasteiger partial charge in [-0.25, -0.2) is 4.98 Å². The summed E-state index contributed by atoms with van der Waals surface area (Å²) in [6.45, 7) is 0.795. The van der Waals surface area contributed by atoms with Gasteiger partial charge in [-0.15, -0.1) is 0 Å². The number of fused-ring (bicyclic) bond motifs is 1. The Morgan fingerprint density at radius 2 is 1.82 bits per heavy atom. The molecule has 3 aromatic rings. The molecular formula is C26H28Cl2N4O. The second-order valence-electron chi connectivity index (χ2n) is 9.31. The minimum atomic E-state index is -0.0756. The van der Waals surface area contributed by atoms with Gasteiger partial charge in [0.15, 0.2) is 0 Å². The van der Waals surface area contributed by atoms with Gasteiger partial charge in [0.1, 0.15) is 0 Å². The standard InChI is InChI=1S/C26H28Cl2N4O/c1-31(2)19-5-3-16(4-6-19)18-12-22(27)21(23(28)13-18)11-17-9-10-32(26(17)33)20-7-8-24-25(14-20)30-15-29-24/h3-6,12-13,15,17,20H,7-11,14H2,1-2H3,(H,29,30)/t17-,20?/m0/s1. The minimum absolute atomic E-state index is 0.0756. The molecule has 0 saturated carbocycles. The summed E-state index contributed by atoms with van der Waals surface area (Å²) in [4.78, 5) is 25.0. The van der Waals surface area contributed by atoms with Gasteiger partial charge in [0, 0.05) is 60.4 Å². The van der Waals surface area contributed by atoms with Crippen LogP contribution in [0.25, 0.3) is 11.1 Å². The maximum absolute atomic E-state index is 13.3. The highest BCUT2D eigenvalue weighted by Gasteiger charge is 2.38. The van der Waals surface area contributed by atoms with Crippen molar-refractivity contribution in [2.45, 2.75) is 38.1 Å². The van der Waals surface area contributed by atoms with Gasteiger partial charge in [-0.3, -0.25) is 4.79 Å². The summed E-state index contributed by atoms with van der Waals surface area (Å²) in [5.74, 6) is 0.145. The molecule has 5 rings (SSSR count). The number of aromatic nitrogens is 2. The number of halogens is 2. The number of aryl methyl sites for hydroxylation is 1. The maximum Gasteiger partial charge on any atom is 0.226 e. The third kappa shape index (κ3) is 4.36. The van der Waals surface area contributed by atoms with Crippen LogP contribution < -0.4 is 4.90 Å². The molecule has 1 aliphatic heterocycles. The number of imidazole rings is 1. The molecule has 1 saturated heterocycles. The predicted molar refractivity (Wildman–Crippen MR) is 134 cm³/mol. The summed E-state index contributed by atoms with van der Waals surface area (Å²) in [6.07, 6.45) is 5.93. The van der Waals surface area contributed by atoms with Crippen LogP contribution in [0.1, 0.15) is 29.8 Å². The van der Waals surface area contributed by atoms with E-state index < -0.39 is 0 Å². The highest BCUT2D eigenvalue weighted by Crippen LogP contribution is 2.36. The van der Waals surface area contributed by atoms with Crippen LogP contribution in [0.15, 0.2) is 42.7 Å². The first kappa shape index (κ1) is 22.3. The molecule has 7 heteroatoms. The number of rotatable bonds is 5. The Bertz CT molecular complexity index is 1150. The highest BCUT2D eigenvalue weighted by molar-refractivity contribution is 6.36. The Balaban J connectivity index is 1.30. The van der Waals surface area contributed by atoms with E-state index in [2.05, 4.69) is 44.0 Å². The van der Waals surface area contributed by atoms with E-state index in [9.17, 15) is 4.79 Å². The highest BCUT2D eigenvalue weighted by atomic mass is 35.5. The Morgan fingerprint density at radius 1 is 1.09 bits per heavy atom. The van der Waals surface area contributed by atoms with Crippen LogP contribution in [0.4, 0.5) is 5.69 Å². The van der Waals surface area contributed by atoms with E-state index in [4.69, 9.17) is 23.2 Å². The number of carbonyl (C=O) groups is 1. The molecule has 2 aromatic carbocycles. The summed E-state index contributed by atoms with van der Waals surface area (Å²) >= 11 is 13.4. The first-order valence-corrected chi connectivity index (χ1v) is 12.2. The average Bonchev–Trinajstić information content (AvgIpc) is 3.42. The molecule has 2 heterocycles. The molecule has 0 spiro atoms. The first-order chi connectivity index (χ1) is 15.9. The zero-order valence-electron chi connectivity index (χ0n) is 18.9. The van der Waals surface area contributed by atoms with Gasteiger partial charge in [-0.2, -0.15) is 0 Å². The first-order valence-electron chi connectivity index (χ1n) is 11.5. The Morgan fingerprint density at radius 3 is 2.52 bits per heavy atom. The molecule has 2 aliphatic rings. The van der Waals surface area contributed by atoms with Crippen molar-refractivity contribution in [3.8, 4) is 11.1 Å². The molecule has 1 fully saturated rings. The number of aromatic amines is 1. The van der Waals surface area contributed by atoms with Gasteiger partial charge in [0.2, 0.25) is 5.91 Å². The molecule has 1 unspecified atom stereocenters. The van der Waals surface area contributed by atoms with Crippen LogP contribution in [0.3, 0.4) is 0 Å². The van der Waals surface area contributed by atoms with Crippen LogP contribution in [-0.2, 0) is 24.1 Å². The number of hydrogen-bond donors (Lipinski definition) is 1. The Labute approximate surface area is 204 Å². The molecule has 5 nitrogen and oxygen atoms in total. The van der Waals surface area contributed by atoms with E-state index in [0.29, 0.717) is 16.5 Å². The third-order valence-corrected chi connectivity index (χ3v) is 7.74. The number of nitrogens with one attached hydrogen (secondary N) is 1. The number of hydrogen-bond acceptors (Lipinski definition) is 3. The smallest absolute Gasteiger partial charge is 0.226 e. The van der Waals surface area contributed by atoms with E-state index in [1.165, 1.54) is 5.69 Å². The zero-order valence-corrected chi connectivity index (χ0v) is 20.5. The predicted octanol–water partition coefficient (Wildman–Crippen LogP) is 5.40. The number of H-pyrrole nitrogens is 1. The van der Waals surface area contributed by atoms with Crippen LogP contribution in [0, 0.1) is 5.92 Å². The molecule has 0 bridgehead atoms. The molecule has 1 amide bonds. The molecule has 1 aliphatic carbocycles. The van der Waals surface area contributed by atoms with Crippen LogP contribution in [-0.4, -0.2) is 47.5 Å². The number of carbonyl (C=O) groups excluding carboxylic acids is 1. The van der Waals surface area contributed by atoms with Gasteiger partial charge in [-0.1, -0.05) is 35.3 Å². The van der Waals surface area contributed by atoms with E-state index in [0.717, 1.165) is 60.3 Å². The van der Waals surface area contributed by atoms with Crippen molar-refractivity contribution in [3.05, 3.63) is 69.7 Å². The number of nitrogens with zero attached hydrogens (tertiary/aromatic N) is 3. The van der Waals surface area contributed by atoms with Crippen molar-refractivity contribution in [3.63, 3.8) is 0 Å². The van der Waals surface area contributed by atoms with Crippen LogP contribution in [0.5, 0.6) is 0 Å². The quantitative estimate of drug-likeness (QED) is 0.529. The zero-order chi connectivity index (χ0) is 23.1. The van der Waals surface area contributed by atoms with Crippen molar-refractivity contribution in [1.29, 1.82) is 0 Å². The summed E-state index contributed by atoms with van der Waals surface area (Å²) in [6, 6.07) is 12.5. The van der Waals surface area contributed by atoms with Gasteiger partial charge in [0.05, 0.1) is 12.0 Å². The summed E-state index contributed by atoms with van der Waals surface area (Å²) in [5.41, 5.74) is 6.36. The van der Waals surface area contributed by atoms with Gasteiger partial charge < -0.3 is 14.8 Å². The molecule has 0 radical (unpaired) electrons. The fraction of sp³-hybridized carbons (Fsp3) is 0.385. The fourth-order valence-corrected chi connectivity index (χ4v) is 5.77. The van der Waals surface area contributed by atoms with Crippen molar-refractivity contribution in [2.75, 3.05) is 25.5 Å². The van der Waals surface area contributed by atoms with Crippen LogP contribution >= 0.6 is 23.2 Å². The molecule has 33 heavy (non-hydrogen) atoms. The minimum Gasteiger partial charge on any atom is -0.378 e. The third-order valence-electron chi connectivity index (χ3n) is 7.06. The molecule has 2 atom stereocenters. The number of anilines is 1. The lowest BCUT2D eigenvalue weighted by Crippen LogP contribution is -2.41. The largest absolute Gasteiger partial charge is 0.378 e. The maximum atomic E-state index is 13.3. The van der Waals surface area contributed by atoms with Gasteiger partial charge in [-0.05, 0) is 66.6 Å². The lowest BCUT2D eigenvalue weighted by Gasteiger charge is -2.31. The topological polar surface area (TPSA) is 52.2 Å². The number of likely N-dealkylation sites (tertiary alicyclic amines) is 1. The Kier molecular flexibility index (Phi) is 6.11. The van der Waals surface area contributed by atoms with Crippen LogP contribution in [0.2, 0.25) is 10.0 Å².